The van der Waals surface area contributed by atoms with E-state index in [4.69, 9.17) is 21.1 Å². The molecule has 334 valence electrons. The number of anilines is 1. The van der Waals surface area contributed by atoms with Crippen LogP contribution in [0.5, 0.6) is 0 Å². The molecule has 2 saturated heterocycles. The number of amides is 1. The molecule has 1 amide bonds. The number of hydrogen-bond donors (Lipinski definition) is 5. The molecule has 1 aromatic rings. The third-order valence-corrected chi connectivity index (χ3v) is 18.8. The van der Waals surface area contributed by atoms with Crippen molar-refractivity contribution in [3.05, 3.63) is 40.9 Å². The molecule has 14 atom stereocenters. The molecule has 2 aliphatic heterocycles. The van der Waals surface area contributed by atoms with Crippen molar-refractivity contribution in [2.24, 2.45) is 50.2 Å². The Morgan fingerprint density at radius 3 is 2.30 bits per heavy atom. The first-order valence-electron chi connectivity index (χ1n) is 22.9. The molecular formula is C48H72ClN3O8. The van der Waals surface area contributed by atoms with E-state index in [1.165, 1.54) is 5.57 Å². The molecule has 7 aliphatic rings. The van der Waals surface area contributed by atoms with E-state index in [1.807, 2.05) is 18.2 Å². The number of allylic oxidation sites excluding steroid dienone is 2. The van der Waals surface area contributed by atoms with Crippen molar-refractivity contribution >= 4 is 29.0 Å². The van der Waals surface area contributed by atoms with Crippen molar-refractivity contribution in [1.82, 2.24) is 10.2 Å². The number of para-hydroxylation sites is 1. The summed E-state index contributed by atoms with van der Waals surface area (Å²) in [5.74, 6) is 0.508. The summed E-state index contributed by atoms with van der Waals surface area (Å²) < 4.78 is 12.3. The number of carbonyl (C=O) groups is 2. The van der Waals surface area contributed by atoms with Crippen molar-refractivity contribution in [2.45, 2.75) is 143 Å². The topological polar surface area (TPSA) is 152 Å². The molecule has 0 aromatic heterocycles. The molecule has 2 heterocycles. The van der Waals surface area contributed by atoms with E-state index in [1.54, 1.807) is 0 Å². The van der Waals surface area contributed by atoms with Gasteiger partial charge in [0.25, 0.3) is 0 Å². The largest absolute Gasteiger partial charge is 0.394 e. The minimum absolute atomic E-state index is 0.0405. The van der Waals surface area contributed by atoms with E-state index >= 15 is 4.79 Å². The molecule has 0 spiro atoms. The third kappa shape index (κ3) is 7.02. The number of aliphatic hydroxyl groups excluding tert-OH is 4. The van der Waals surface area contributed by atoms with Crippen molar-refractivity contribution in [2.75, 3.05) is 50.8 Å². The van der Waals surface area contributed by atoms with Crippen LogP contribution in [0.2, 0.25) is 5.02 Å². The lowest BCUT2D eigenvalue weighted by Crippen LogP contribution is -2.67. The fourth-order valence-corrected chi connectivity index (χ4v) is 14.7. The summed E-state index contributed by atoms with van der Waals surface area (Å²) in [5.41, 5.74) is 0.767. The fraction of sp³-hybridized carbons (Fsp3) is 0.792. The van der Waals surface area contributed by atoms with Gasteiger partial charge in [-0.25, -0.2) is 0 Å². The molecule has 4 saturated carbocycles. The maximum absolute atomic E-state index is 15.0. The minimum atomic E-state index is -1.50. The van der Waals surface area contributed by atoms with Gasteiger partial charge >= 0.3 is 0 Å². The van der Waals surface area contributed by atoms with Gasteiger partial charge in [0.15, 0.2) is 12.1 Å². The predicted octanol–water partition coefficient (Wildman–Crippen LogP) is 5.74. The number of hydrogen-bond acceptors (Lipinski definition) is 10. The van der Waals surface area contributed by atoms with Crippen LogP contribution >= 0.6 is 11.6 Å². The average Bonchev–Trinajstić information content (AvgIpc) is 3.20. The first-order chi connectivity index (χ1) is 28.2. The lowest BCUT2D eigenvalue weighted by atomic mass is 9.33. The van der Waals surface area contributed by atoms with Crippen molar-refractivity contribution in [3.63, 3.8) is 0 Å². The zero-order valence-corrected chi connectivity index (χ0v) is 37.8. The quantitative estimate of drug-likeness (QED) is 0.205. The molecule has 0 bridgehead atoms. The second-order valence-corrected chi connectivity index (χ2v) is 22.4. The third-order valence-electron chi connectivity index (χ3n) is 18.5. The SMILES string of the molecule is CC1(C(=O)NCCN2CCN(c3ccccc3Cl)CC2)CC[C@]2(C)CC[C@]3(C)C(=CC(=O)[C@@H]4[C@@]5(C)CC[C@H](O[C@@H]6O[C@H](CO)[C@@H](O)[C@H](O)[C@H]6O)C(C)(C)C5CC[C@]43C)[C@@H]2C1. The lowest BCUT2D eigenvalue weighted by Gasteiger charge is -2.70. The highest BCUT2D eigenvalue weighted by Crippen LogP contribution is 2.75. The number of benzene rings is 1. The summed E-state index contributed by atoms with van der Waals surface area (Å²) in [5, 5.41) is 45.6. The number of piperazine rings is 1. The second kappa shape index (κ2) is 15.9. The first-order valence-corrected chi connectivity index (χ1v) is 23.3. The molecular weight excluding hydrogens is 782 g/mol. The highest BCUT2D eigenvalue weighted by molar-refractivity contribution is 6.33. The Morgan fingerprint density at radius 1 is 0.900 bits per heavy atom. The lowest BCUT2D eigenvalue weighted by molar-refractivity contribution is -0.329. The minimum Gasteiger partial charge on any atom is -0.394 e. The van der Waals surface area contributed by atoms with Crippen LogP contribution < -0.4 is 10.2 Å². The van der Waals surface area contributed by atoms with Gasteiger partial charge in [-0.1, -0.05) is 77.8 Å². The number of aliphatic hydroxyl groups is 4. The zero-order valence-electron chi connectivity index (χ0n) is 37.1. The Bertz CT molecular complexity index is 1840. The van der Waals surface area contributed by atoms with Gasteiger partial charge in [-0.2, -0.15) is 0 Å². The van der Waals surface area contributed by atoms with E-state index in [2.05, 4.69) is 75.7 Å². The maximum atomic E-state index is 15.0. The normalized spacial score (nSPS) is 45.4. The highest BCUT2D eigenvalue weighted by atomic mass is 35.5. The van der Waals surface area contributed by atoms with Gasteiger partial charge < -0.3 is 40.1 Å². The summed E-state index contributed by atoms with van der Waals surface area (Å²) in [6.45, 7) is 20.7. The Labute approximate surface area is 362 Å². The van der Waals surface area contributed by atoms with E-state index in [0.717, 1.165) is 94.8 Å². The van der Waals surface area contributed by atoms with Crippen LogP contribution in [0, 0.1) is 50.2 Å². The van der Waals surface area contributed by atoms with Gasteiger partial charge in [0, 0.05) is 50.6 Å². The summed E-state index contributed by atoms with van der Waals surface area (Å²) in [7, 11) is 0. The summed E-state index contributed by atoms with van der Waals surface area (Å²) in [6, 6.07) is 8.01. The monoisotopic (exact) mass is 854 g/mol. The molecule has 12 heteroatoms. The smallest absolute Gasteiger partial charge is 0.226 e. The number of carbonyl (C=O) groups excluding carboxylic acids is 2. The number of halogens is 1. The van der Waals surface area contributed by atoms with Gasteiger partial charge in [-0.05, 0) is 115 Å². The predicted molar refractivity (Wildman–Crippen MR) is 231 cm³/mol. The van der Waals surface area contributed by atoms with E-state index in [9.17, 15) is 25.2 Å². The van der Waals surface area contributed by atoms with E-state index in [0.29, 0.717) is 13.0 Å². The second-order valence-electron chi connectivity index (χ2n) is 22.0. The van der Waals surface area contributed by atoms with Crippen LogP contribution in [0.25, 0.3) is 0 Å². The van der Waals surface area contributed by atoms with Crippen LogP contribution in [-0.4, -0.2) is 120 Å². The number of rotatable bonds is 8. The standard InChI is InChI=1S/C48H72ClN3O8/c1-43(2)35-12-15-48(7)40(46(35,5)14-13-36(43)60-41-39(57)38(56)37(55)34(28-53)59-41)33(54)26-29-30-27-45(4,17-16-44(30,3)18-19-47(29,48)6)42(58)50-20-21-51-22-24-52(25-23-51)32-11-9-8-10-31(32)49/h8-11,26,30,34-41,53,55-57H,12-25,27-28H2,1-7H3,(H,50,58)/t30-,34+,35?,36-,37+,38-,39+,40+,41-,44+,45?,46-,47+,48+/m0/s1. The molecule has 1 aromatic carbocycles. The molecule has 11 nitrogen and oxygen atoms in total. The van der Waals surface area contributed by atoms with Gasteiger partial charge in [0.1, 0.15) is 24.4 Å². The van der Waals surface area contributed by atoms with Crippen LogP contribution in [0.15, 0.2) is 35.9 Å². The molecule has 8 rings (SSSR count). The molecule has 5 N–H and O–H groups in total. The van der Waals surface area contributed by atoms with Crippen LogP contribution in [-0.2, 0) is 19.1 Å². The number of nitrogens with zero attached hydrogens (tertiary/aromatic N) is 2. The molecule has 5 aliphatic carbocycles. The molecule has 6 fully saturated rings. The Balaban J connectivity index is 0.958. The van der Waals surface area contributed by atoms with E-state index in [-0.39, 0.29) is 57.2 Å². The fourth-order valence-electron chi connectivity index (χ4n) is 14.4. The molecule has 0 radical (unpaired) electrons. The van der Waals surface area contributed by atoms with Gasteiger partial charge in [0.05, 0.1) is 23.4 Å². The first kappa shape index (κ1) is 44.5. The van der Waals surface area contributed by atoms with Crippen LogP contribution in [0.1, 0.15) is 106 Å². The van der Waals surface area contributed by atoms with Gasteiger partial charge in [-0.3, -0.25) is 14.5 Å². The zero-order chi connectivity index (χ0) is 43.2. The summed E-state index contributed by atoms with van der Waals surface area (Å²) >= 11 is 6.47. The maximum Gasteiger partial charge on any atom is 0.226 e. The van der Waals surface area contributed by atoms with Crippen LogP contribution in [0.3, 0.4) is 0 Å². The summed E-state index contributed by atoms with van der Waals surface area (Å²) in [6.07, 6.45) is 3.06. The molecule has 60 heavy (non-hydrogen) atoms. The van der Waals surface area contributed by atoms with E-state index < -0.39 is 48.1 Å². The van der Waals surface area contributed by atoms with Crippen molar-refractivity contribution in [1.29, 1.82) is 0 Å². The highest BCUT2D eigenvalue weighted by Gasteiger charge is 2.70. The Morgan fingerprint density at radius 2 is 1.60 bits per heavy atom. The number of ether oxygens (including phenoxy) is 2. The number of ketones is 1. The number of fused-ring (bicyclic) bond motifs is 7. The average molecular weight is 855 g/mol. The molecule has 2 unspecified atom stereocenters. The Kier molecular flexibility index (Phi) is 11.8. The number of nitrogens with one attached hydrogen (secondary N) is 1. The van der Waals surface area contributed by atoms with Crippen molar-refractivity contribution in [3.8, 4) is 0 Å². The van der Waals surface area contributed by atoms with Crippen LogP contribution in [0.4, 0.5) is 5.69 Å². The Hall–Kier alpha value is -2.09. The summed E-state index contributed by atoms with van der Waals surface area (Å²) in [4.78, 5) is 34.0. The van der Waals surface area contributed by atoms with Crippen molar-refractivity contribution < 1.29 is 39.5 Å². The van der Waals surface area contributed by atoms with Gasteiger partial charge in [0.2, 0.25) is 5.91 Å². The van der Waals surface area contributed by atoms with Gasteiger partial charge in [-0.15, -0.1) is 0 Å².